The second-order valence-electron chi connectivity index (χ2n) is 4.67. The molecule has 5 N–H and O–H groups in total. The second kappa shape index (κ2) is 5.61. The molecule has 0 saturated carbocycles. The van der Waals surface area contributed by atoms with Gasteiger partial charge in [-0.25, -0.2) is 4.57 Å². The third kappa shape index (κ3) is 3.29. The first-order valence-corrected chi connectivity index (χ1v) is 7.79. The number of aromatic nitrogens is 2. The number of aliphatic hydroxyl groups is 2. The lowest BCUT2D eigenvalue weighted by atomic mass is 10.0. The van der Waals surface area contributed by atoms with Crippen molar-refractivity contribution in [1.29, 1.82) is 0 Å². The molecule has 1 aliphatic rings. The summed E-state index contributed by atoms with van der Waals surface area (Å²) in [5, 5.41) is 20.3. The summed E-state index contributed by atoms with van der Waals surface area (Å²) in [7, 11) is -4.78. The summed E-state index contributed by atoms with van der Waals surface area (Å²) in [5.41, 5.74) is -2.40. The highest BCUT2D eigenvalue weighted by atomic mass is 32.1. The number of phosphoric acid groups is 1. The molecule has 2 atom stereocenters. The lowest BCUT2D eigenvalue weighted by Gasteiger charge is -2.26. The highest BCUT2D eigenvalue weighted by Crippen LogP contribution is 2.43. The Labute approximate surface area is 128 Å². The van der Waals surface area contributed by atoms with Crippen molar-refractivity contribution >= 4 is 20.0 Å². The van der Waals surface area contributed by atoms with Gasteiger partial charge in [-0.05, 0) is 19.1 Å². The fraction of sp³-hybridized carbons (Fsp3) is 0.400. The standard InChI is InChI=1S/C10H13N2O8PS/c1-10(15)7(14)5(4-19-21(16,17)18)20-8(10)12-3-2-6(13)11-9(12)22/h2-3,8,14-15H,4H2,1H3,(H,11,13,22)(H2,16,17,18)/t8-,10?/m1/s1. The van der Waals surface area contributed by atoms with E-state index in [0.717, 1.165) is 6.07 Å². The van der Waals surface area contributed by atoms with Gasteiger partial charge in [0, 0.05) is 12.3 Å². The van der Waals surface area contributed by atoms with Crippen LogP contribution in [0.4, 0.5) is 0 Å². The quantitative estimate of drug-likeness (QED) is 0.374. The molecule has 0 aliphatic carbocycles. The van der Waals surface area contributed by atoms with Crippen LogP contribution in [-0.4, -0.2) is 41.8 Å². The summed E-state index contributed by atoms with van der Waals surface area (Å²) >= 11 is 4.94. The molecule has 22 heavy (non-hydrogen) atoms. The van der Waals surface area contributed by atoms with Crippen LogP contribution in [0.15, 0.2) is 28.6 Å². The molecule has 2 rings (SSSR count). The Hall–Kier alpha value is -1.49. The normalized spacial score (nSPS) is 25.4. The Morgan fingerprint density at radius 3 is 2.77 bits per heavy atom. The van der Waals surface area contributed by atoms with E-state index >= 15 is 0 Å². The molecule has 1 unspecified atom stereocenters. The van der Waals surface area contributed by atoms with Gasteiger partial charge in [0.25, 0.3) is 5.56 Å². The average Bonchev–Trinajstić information content (AvgIpc) is 2.59. The van der Waals surface area contributed by atoms with Gasteiger partial charge in [0.05, 0.1) is 0 Å². The molecule has 1 aliphatic heterocycles. The summed E-state index contributed by atoms with van der Waals surface area (Å²) in [5.74, 6) is -1.01. The van der Waals surface area contributed by atoms with Crippen molar-refractivity contribution in [2.45, 2.75) is 18.8 Å². The van der Waals surface area contributed by atoms with E-state index in [1.54, 1.807) is 0 Å². The van der Waals surface area contributed by atoms with Gasteiger partial charge in [0.1, 0.15) is 6.61 Å². The number of nitrogens with one attached hydrogen (secondary N) is 1. The summed E-state index contributed by atoms with van der Waals surface area (Å²) in [6, 6.07) is 1.14. The molecule has 0 aromatic carbocycles. The van der Waals surface area contributed by atoms with Crippen molar-refractivity contribution < 1.29 is 33.8 Å². The minimum absolute atomic E-state index is 0.0669. The summed E-state index contributed by atoms with van der Waals surface area (Å²) in [6.45, 7) is 0.462. The molecule has 122 valence electrons. The highest BCUT2D eigenvalue weighted by molar-refractivity contribution is 7.71. The van der Waals surface area contributed by atoms with E-state index < -0.39 is 37.6 Å². The van der Waals surface area contributed by atoms with Gasteiger partial charge < -0.3 is 24.7 Å². The van der Waals surface area contributed by atoms with E-state index in [-0.39, 0.29) is 10.5 Å². The van der Waals surface area contributed by atoms with Crippen molar-refractivity contribution in [2.24, 2.45) is 0 Å². The topological polar surface area (TPSA) is 154 Å². The highest BCUT2D eigenvalue weighted by Gasteiger charge is 2.48. The molecule has 0 spiro atoms. The van der Waals surface area contributed by atoms with Gasteiger partial charge in [-0.1, -0.05) is 0 Å². The predicted molar refractivity (Wildman–Crippen MR) is 74.3 cm³/mol. The van der Waals surface area contributed by atoms with E-state index in [1.807, 2.05) is 0 Å². The summed E-state index contributed by atoms with van der Waals surface area (Å²) < 4.78 is 21.3. The van der Waals surface area contributed by atoms with E-state index in [2.05, 4.69) is 9.51 Å². The van der Waals surface area contributed by atoms with Gasteiger partial charge in [-0.3, -0.25) is 18.9 Å². The van der Waals surface area contributed by atoms with Crippen LogP contribution >= 0.6 is 20.0 Å². The van der Waals surface area contributed by atoms with E-state index in [0.29, 0.717) is 0 Å². The van der Waals surface area contributed by atoms with Gasteiger partial charge in [-0.2, -0.15) is 0 Å². The minimum Gasteiger partial charge on any atom is -0.506 e. The number of hydrogen-bond acceptors (Lipinski definition) is 7. The number of ether oxygens (including phenoxy) is 1. The van der Waals surface area contributed by atoms with Crippen molar-refractivity contribution in [1.82, 2.24) is 9.55 Å². The molecule has 10 nitrogen and oxygen atoms in total. The molecule has 0 radical (unpaired) electrons. The number of rotatable bonds is 4. The van der Waals surface area contributed by atoms with Gasteiger partial charge in [-0.15, -0.1) is 0 Å². The molecule has 0 saturated heterocycles. The number of aliphatic hydroxyl groups excluding tert-OH is 1. The lowest BCUT2D eigenvalue weighted by molar-refractivity contribution is -0.0774. The zero-order valence-corrected chi connectivity index (χ0v) is 12.9. The first kappa shape index (κ1) is 16.9. The van der Waals surface area contributed by atoms with E-state index in [1.165, 1.54) is 17.7 Å². The van der Waals surface area contributed by atoms with Crippen molar-refractivity contribution in [2.75, 3.05) is 6.61 Å². The molecule has 1 aromatic rings. The molecule has 1 aromatic heterocycles. The van der Waals surface area contributed by atoms with Crippen molar-refractivity contribution in [3.8, 4) is 0 Å². The monoisotopic (exact) mass is 352 g/mol. The van der Waals surface area contributed by atoms with E-state index in [9.17, 15) is 19.6 Å². The average molecular weight is 352 g/mol. The number of hydrogen-bond donors (Lipinski definition) is 5. The maximum absolute atomic E-state index is 11.2. The Kier molecular flexibility index (Phi) is 4.30. The molecule has 0 fully saturated rings. The fourth-order valence-electron chi connectivity index (χ4n) is 1.89. The number of aromatic amines is 1. The number of H-pyrrole nitrogens is 1. The molecular formula is C10H13N2O8PS. The Bertz CT molecular complexity index is 776. The van der Waals surface area contributed by atoms with Crippen molar-refractivity contribution in [3.63, 3.8) is 0 Å². The zero-order chi connectivity index (χ0) is 16.7. The largest absolute Gasteiger partial charge is 0.506 e. The fourth-order valence-corrected chi connectivity index (χ4v) is 2.43. The number of phosphoric ester groups is 1. The molecule has 12 heteroatoms. The SMILES string of the molecule is CC1(O)C(O)=C(COP(=O)(O)O)O[C@H]1n1ccc(=O)[nH]c1=S. The van der Waals surface area contributed by atoms with Crippen LogP contribution in [0.5, 0.6) is 0 Å². The summed E-state index contributed by atoms with van der Waals surface area (Å²) in [4.78, 5) is 30.8. The molecule has 2 heterocycles. The maximum atomic E-state index is 11.2. The van der Waals surface area contributed by atoms with Crippen LogP contribution in [0.25, 0.3) is 0 Å². The third-order valence-corrected chi connectivity index (χ3v) is 3.72. The van der Waals surface area contributed by atoms with E-state index in [4.69, 9.17) is 26.7 Å². The van der Waals surface area contributed by atoms with Crippen LogP contribution in [0.3, 0.4) is 0 Å². The first-order valence-electron chi connectivity index (χ1n) is 5.85. The van der Waals surface area contributed by atoms with Crippen LogP contribution in [-0.2, 0) is 13.8 Å². The van der Waals surface area contributed by atoms with Crippen LogP contribution < -0.4 is 5.56 Å². The lowest BCUT2D eigenvalue weighted by Crippen LogP contribution is -2.36. The van der Waals surface area contributed by atoms with Gasteiger partial charge >= 0.3 is 7.82 Å². The minimum atomic E-state index is -4.78. The van der Waals surface area contributed by atoms with Crippen LogP contribution in [0.1, 0.15) is 13.2 Å². The Morgan fingerprint density at radius 1 is 1.59 bits per heavy atom. The summed E-state index contributed by atoms with van der Waals surface area (Å²) in [6.07, 6.45) is 0.00704. The smallest absolute Gasteiger partial charge is 0.470 e. The Morgan fingerprint density at radius 2 is 2.23 bits per heavy atom. The predicted octanol–water partition coefficient (Wildman–Crippen LogP) is 0.0646. The first-order chi connectivity index (χ1) is 10.0. The maximum Gasteiger partial charge on any atom is 0.470 e. The van der Waals surface area contributed by atoms with Gasteiger partial charge in [0.15, 0.2) is 21.9 Å². The zero-order valence-electron chi connectivity index (χ0n) is 11.2. The third-order valence-electron chi connectivity index (χ3n) is 2.95. The molecular weight excluding hydrogens is 339 g/mol. The van der Waals surface area contributed by atoms with Crippen molar-refractivity contribution in [3.05, 3.63) is 38.9 Å². The number of nitrogens with zero attached hydrogens (tertiary/aromatic N) is 1. The Balaban J connectivity index is 2.33. The molecule has 0 amide bonds. The second-order valence-corrected chi connectivity index (χ2v) is 6.30. The van der Waals surface area contributed by atoms with Crippen LogP contribution in [0, 0.1) is 4.77 Å². The molecule has 0 bridgehead atoms. The van der Waals surface area contributed by atoms with Crippen LogP contribution in [0.2, 0.25) is 0 Å². The van der Waals surface area contributed by atoms with Gasteiger partial charge in [0.2, 0.25) is 6.23 Å².